The van der Waals surface area contributed by atoms with E-state index in [9.17, 15) is 72.9 Å². The van der Waals surface area contributed by atoms with Crippen molar-refractivity contribution in [1.29, 1.82) is 5.41 Å². The molecule has 8 atom stereocenters. The maximum Gasteiger partial charge on any atom is 0.305 e. The number of carboxylic acid groups (broad SMARTS) is 2. The van der Waals surface area contributed by atoms with Crippen molar-refractivity contribution in [3.63, 3.8) is 0 Å². The Morgan fingerprint density at radius 2 is 1.33 bits per heavy atom. The van der Waals surface area contributed by atoms with Gasteiger partial charge in [-0.3, -0.25) is 62.9 Å². The van der Waals surface area contributed by atoms with Crippen LogP contribution in [0, 0.1) is 5.41 Å². The van der Waals surface area contributed by atoms with E-state index in [1.807, 2.05) is 10.6 Å². The molecule has 1 aliphatic rings. The van der Waals surface area contributed by atoms with Crippen LogP contribution in [-0.2, 0) is 57.5 Å². The van der Waals surface area contributed by atoms with Crippen LogP contribution in [0.3, 0.4) is 0 Å². The minimum Gasteiger partial charge on any atom is -0.481 e. The van der Waals surface area contributed by atoms with E-state index in [0.29, 0.717) is 12.8 Å². The highest BCUT2D eigenvalue weighted by Crippen LogP contribution is 2.17. The monoisotopic (exact) mass is 898 g/mol. The van der Waals surface area contributed by atoms with Crippen LogP contribution in [0.15, 0.2) is 0 Å². The maximum atomic E-state index is 13.4. The second-order valence-corrected chi connectivity index (χ2v) is 14.2. The fourth-order valence-electron chi connectivity index (χ4n) is 5.87. The molecule has 0 saturated carbocycles. The SMILES string of the molecule is C[C@H](NC(=O)[C@H](CC(=O)O)NC(=O)[C@@H](NC(=O)[C@H](CC(=O)O)NC(=O)[C@H](CCC(N)=O)NC(=O)CNC(=O)[C@@H]1CCCN1C(=O)CN)[C@@H](C)O)C(=O)N[C@H]([C]=O)CCCNC(=N)N. The van der Waals surface area contributed by atoms with Crippen LogP contribution in [-0.4, -0.2) is 172 Å². The van der Waals surface area contributed by atoms with Crippen molar-refractivity contribution in [1.82, 2.24) is 47.4 Å². The molecule has 63 heavy (non-hydrogen) atoms. The van der Waals surface area contributed by atoms with E-state index in [-0.39, 0.29) is 38.4 Å². The van der Waals surface area contributed by atoms with E-state index in [2.05, 4.69) is 31.9 Å². The number of carboxylic acids is 2. The van der Waals surface area contributed by atoms with Crippen LogP contribution in [0.1, 0.15) is 65.2 Å². The van der Waals surface area contributed by atoms with E-state index in [1.165, 1.54) is 11.8 Å². The molecule has 1 saturated heterocycles. The zero-order valence-corrected chi connectivity index (χ0v) is 34.5. The molecule has 28 nitrogen and oxygen atoms in total. The minimum atomic E-state index is -2.04. The molecular formula is C35H56N13O15. The molecular weight excluding hydrogens is 842 g/mol. The topological polar surface area (TPSA) is 467 Å². The van der Waals surface area contributed by atoms with Gasteiger partial charge in [0.25, 0.3) is 0 Å². The number of rotatable bonds is 28. The molecule has 18 N–H and O–H groups in total. The van der Waals surface area contributed by atoms with Gasteiger partial charge in [0.15, 0.2) is 5.96 Å². The summed E-state index contributed by atoms with van der Waals surface area (Å²) in [5.41, 5.74) is 15.8. The first-order valence-corrected chi connectivity index (χ1v) is 19.4. The zero-order chi connectivity index (χ0) is 48.0. The van der Waals surface area contributed by atoms with Crippen LogP contribution >= 0.6 is 0 Å². The van der Waals surface area contributed by atoms with Gasteiger partial charge >= 0.3 is 11.9 Å². The number of aliphatic hydroxyl groups is 1. The third kappa shape index (κ3) is 20.0. The normalized spacial score (nSPS) is 16.4. The molecule has 351 valence electrons. The summed E-state index contributed by atoms with van der Waals surface area (Å²) in [5, 5.41) is 54.2. The molecule has 1 heterocycles. The number of nitrogens with zero attached hydrogens (tertiary/aromatic N) is 1. The fraction of sp³-hybridized carbons (Fsp3) is 0.629. The highest BCUT2D eigenvalue weighted by Gasteiger charge is 2.37. The first kappa shape index (κ1) is 54.0. The van der Waals surface area contributed by atoms with E-state index in [0.717, 1.165) is 6.92 Å². The Kier molecular flexibility index (Phi) is 23.2. The Hall–Kier alpha value is -6.97. The van der Waals surface area contributed by atoms with Gasteiger partial charge in [-0.1, -0.05) is 0 Å². The lowest BCUT2D eigenvalue weighted by molar-refractivity contribution is -0.142. The van der Waals surface area contributed by atoms with E-state index in [4.69, 9.17) is 22.6 Å². The molecule has 0 aromatic carbocycles. The predicted octanol–water partition coefficient (Wildman–Crippen LogP) is -8.05. The number of nitrogens with one attached hydrogen (secondary N) is 9. The molecule has 1 fully saturated rings. The van der Waals surface area contributed by atoms with Crippen molar-refractivity contribution in [3.8, 4) is 0 Å². The van der Waals surface area contributed by atoms with Crippen molar-refractivity contribution in [2.24, 2.45) is 17.2 Å². The standard InChI is InChI=1S/C35H56N13O15/c1-16(29(58)43-18(15-49)5-3-9-40-35(38)39)42-31(60)20(11-26(54)55)46-34(63)28(17(2)50)47-32(61)21(12-27(56)57)45-30(59)19(7-8-23(37)51)44-24(52)14-41-33(62)22-6-4-10-48(22)25(53)13-36/h16-22,28,50H,3-14,36H2,1-2H3,(H2,37,51)(H,41,62)(H,42,60)(H,43,58)(H,44,52)(H,45,59)(H,46,63)(H,47,61)(H,54,55)(H,56,57)(H4,38,39,40)/t16-,17+,18-,19-,20-,21-,22-,28-/m0/s1. The summed E-state index contributed by atoms with van der Waals surface area (Å²) in [6, 6.07) is -11.2. The lowest BCUT2D eigenvalue weighted by Gasteiger charge is -2.27. The Morgan fingerprint density at radius 1 is 0.762 bits per heavy atom. The van der Waals surface area contributed by atoms with Crippen molar-refractivity contribution >= 4 is 77.3 Å². The molecule has 9 amide bonds. The Labute approximate surface area is 359 Å². The molecule has 0 unspecified atom stereocenters. The summed E-state index contributed by atoms with van der Waals surface area (Å²) < 4.78 is 0. The molecule has 0 spiro atoms. The van der Waals surface area contributed by atoms with Crippen molar-refractivity contribution in [2.75, 3.05) is 26.2 Å². The highest BCUT2D eigenvalue weighted by atomic mass is 16.4. The van der Waals surface area contributed by atoms with Gasteiger partial charge in [0.1, 0.15) is 36.3 Å². The Bertz CT molecular complexity index is 1730. The fourth-order valence-corrected chi connectivity index (χ4v) is 5.87. The number of likely N-dealkylation sites (tertiary alicyclic amines) is 1. The highest BCUT2D eigenvalue weighted by molar-refractivity contribution is 5.99. The van der Waals surface area contributed by atoms with Crippen LogP contribution in [0.4, 0.5) is 0 Å². The van der Waals surface area contributed by atoms with E-state index >= 15 is 0 Å². The quantitative estimate of drug-likeness (QED) is 0.0197. The van der Waals surface area contributed by atoms with E-state index in [1.54, 1.807) is 6.29 Å². The van der Waals surface area contributed by atoms with E-state index < -0.39 is 146 Å². The number of aliphatic hydroxyl groups excluding tert-OH is 1. The van der Waals surface area contributed by atoms with Gasteiger partial charge in [-0.25, -0.2) is 0 Å². The molecule has 28 heteroatoms. The minimum absolute atomic E-state index is 0.0617. The lowest BCUT2D eigenvalue weighted by atomic mass is 10.1. The number of primary amides is 1. The van der Waals surface area contributed by atoms with Crippen LogP contribution in [0.5, 0.6) is 0 Å². The van der Waals surface area contributed by atoms with Gasteiger partial charge in [-0.15, -0.1) is 0 Å². The van der Waals surface area contributed by atoms with Crippen LogP contribution < -0.4 is 59.7 Å². The van der Waals surface area contributed by atoms with Gasteiger partial charge in [0.2, 0.25) is 59.5 Å². The van der Waals surface area contributed by atoms with Crippen molar-refractivity contribution in [2.45, 2.75) is 114 Å². The van der Waals surface area contributed by atoms with Crippen molar-refractivity contribution < 1.29 is 72.9 Å². The number of hydrogen-bond acceptors (Lipinski definition) is 15. The Morgan fingerprint density at radius 3 is 1.86 bits per heavy atom. The molecule has 0 bridgehead atoms. The molecule has 1 aliphatic heterocycles. The molecule has 1 rings (SSSR count). The average molecular weight is 899 g/mol. The summed E-state index contributed by atoms with van der Waals surface area (Å²) in [5.74, 6) is -12.8. The molecule has 0 aliphatic carbocycles. The summed E-state index contributed by atoms with van der Waals surface area (Å²) in [6.07, 6.45) is -2.32. The molecule has 1 radical (unpaired) electrons. The molecule has 0 aromatic rings. The number of carbonyl (C=O) groups excluding carboxylic acids is 10. The van der Waals surface area contributed by atoms with Gasteiger partial charge in [0, 0.05) is 19.5 Å². The second-order valence-electron chi connectivity index (χ2n) is 14.2. The lowest BCUT2D eigenvalue weighted by Crippen LogP contribution is -2.61. The third-order valence-electron chi connectivity index (χ3n) is 9.09. The van der Waals surface area contributed by atoms with Crippen LogP contribution in [0.25, 0.3) is 0 Å². The summed E-state index contributed by atoms with van der Waals surface area (Å²) in [7, 11) is 0. The number of amides is 9. The first-order valence-electron chi connectivity index (χ1n) is 19.4. The van der Waals surface area contributed by atoms with Gasteiger partial charge in [0.05, 0.1) is 38.1 Å². The second kappa shape index (κ2) is 27.1. The third-order valence-corrected chi connectivity index (χ3v) is 9.09. The number of carbonyl (C=O) groups is 11. The number of aliphatic carboxylic acids is 2. The predicted molar refractivity (Wildman–Crippen MR) is 214 cm³/mol. The largest absolute Gasteiger partial charge is 0.481 e. The number of hydrogen-bond donors (Lipinski definition) is 15. The Balaban J connectivity index is 3.10. The smallest absolute Gasteiger partial charge is 0.305 e. The first-order chi connectivity index (χ1) is 29.5. The zero-order valence-electron chi connectivity index (χ0n) is 34.5. The summed E-state index contributed by atoms with van der Waals surface area (Å²) in [4.78, 5) is 151. The molecule has 0 aromatic heterocycles. The number of guanidine groups is 1. The van der Waals surface area contributed by atoms with Gasteiger partial charge in [-0.2, -0.15) is 0 Å². The maximum absolute atomic E-state index is 13.4. The van der Waals surface area contributed by atoms with Crippen molar-refractivity contribution in [3.05, 3.63) is 0 Å². The summed E-state index contributed by atoms with van der Waals surface area (Å²) >= 11 is 0. The van der Waals surface area contributed by atoms with Crippen LogP contribution in [0.2, 0.25) is 0 Å². The average Bonchev–Trinajstić information content (AvgIpc) is 3.70. The number of nitrogens with two attached hydrogens (primary N) is 3. The van der Waals surface area contributed by atoms with Gasteiger partial charge in [-0.05, 0) is 46.0 Å². The van der Waals surface area contributed by atoms with Gasteiger partial charge < -0.3 is 80.0 Å². The summed E-state index contributed by atoms with van der Waals surface area (Å²) in [6.45, 7) is 1.54.